The molecule has 0 bridgehead atoms. The minimum absolute atomic E-state index is 0.0314. The number of fused-ring (bicyclic) bond motifs is 1. The van der Waals surface area contributed by atoms with Crippen molar-refractivity contribution in [3.8, 4) is 5.75 Å². The van der Waals surface area contributed by atoms with Crippen molar-refractivity contribution in [2.24, 2.45) is 0 Å². The molecular weight excluding hydrogens is 346 g/mol. The van der Waals surface area contributed by atoms with Gasteiger partial charge in [0.25, 0.3) is 15.9 Å². The van der Waals surface area contributed by atoms with Crippen LogP contribution in [0.15, 0.2) is 53.4 Å². The van der Waals surface area contributed by atoms with Gasteiger partial charge in [0.15, 0.2) is 0 Å². The van der Waals surface area contributed by atoms with Gasteiger partial charge >= 0.3 is 5.97 Å². The van der Waals surface area contributed by atoms with Crippen molar-refractivity contribution >= 4 is 21.9 Å². The summed E-state index contributed by atoms with van der Waals surface area (Å²) in [4.78, 5) is 24.3. The minimum atomic E-state index is -3.90. The van der Waals surface area contributed by atoms with Crippen molar-refractivity contribution in [2.75, 3.05) is 20.3 Å². The third-order valence-electron chi connectivity index (χ3n) is 3.77. The zero-order valence-corrected chi connectivity index (χ0v) is 14.2. The molecule has 7 nitrogen and oxygen atoms in total. The predicted octanol–water partition coefficient (Wildman–Crippen LogP) is 1.70. The summed E-state index contributed by atoms with van der Waals surface area (Å²) in [7, 11) is -2.47. The van der Waals surface area contributed by atoms with E-state index in [-0.39, 0.29) is 29.2 Å². The maximum Gasteiger partial charge on any atom is 0.341 e. The quantitative estimate of drug-likeness (QED) is 0.753. The Labute approximate surface area is 144 Å². The molecule has 0 saturated heterocycles. The largest absolute Gasteiger partial charge is 0.496 e. The molecule has 25 heavy (non-hydrogen) atoms. The molecular formula is C17H15NO6S. The van der Waals surface area contributed by atoms with Crippen molar-refractivity contribution in [3.63, 3.8) is 0 Å². The number of esters is 1. The molecule has 0 aliphatic carbocycles. The van der Waals surface area contributed by atoms with Crippen LogP contribution in [-0.4, -0.2) is 44.9 Å². The molecule has 2 aromatic rings. The molecule has 0 spiro atoms. The van der Waals surface area contributed by atoms with E-state index < -0.39 is 21.9 Å². The maximum atomic E-state index is 12.4. The molecule has 1 aliphatic rings. The number of hydrogen-bond donors (Lipinski definition) is 0. The third kappa shape index (κ3) is 2.96. The van der Waals surface area contributed by atoms with Crippen LogP contribution < -0.4 is 4.74 Å². The number of ether oxygens (including phenoxy) is 2. The molecule has 0 radical (unpaired) electrons. The van der Waals surface area contributed by atoms with Crippen LogP contribution >= 0.6 is 0 Å². The molecule has 0 atom stereocenters. The van der Waals surface area contributed by atoms with E-state index >= 15 is 0 Å². The summed E-state index contributed by atoms with van der Waals surface area (Å²) in [5.41, 5.74) is 0.349. The van der Waals surface area contributed by atoms with Crippen molar-refractivity contribution in [2.45, 2.75) is 4.90 Å². The van der Waals surface area contributed by atoms with Crippen molar-refractivity contribution < 1.29 is 27.5 Å². The summed E-state index contributed by atoms with van der Waals surface area (Å²) in [5, 5.41) is 0. The van der Waals surface area contributed by atoms with E-state index in [1.165, 1.54) is 25.3 Å². The normalized spacial score (nSPS) is 14.9. The highest BCUT2D eigenvalue weighted by Gasteiger charge is 2.40. The lowest BCUT2D eigenvalue weighted by molar-refractivity contribution is 0.0474. The molecule has 0 fully saturated rings. The summed E-state index contributed by atoms with van der Waals surface area (Å²) < 4.78 is 35.7. The van der Waals surface area contributed by atoms with Crippen LogP contribution in [-0.2, 0) is 14.8 Å². The molecule has 130 valence electrons. The van der Waals surface area contributed by atoms with Gasteiger partial charge in [-0.25, -0.2) is 17.5 Å². The fourth-order valence-corrected chi connectivity index (χ4v) is 4.12. The topological polar surface area (TPSA) is 90.0 Å². The Bertz CT molecular complexity index is 938. The number of para-hydroxylation sites is 1. The summed E-state index contributed by atoms with van der Waals surface area (Å²) in [6.07, 6.45) is 0. The van der Waals surface area contributed by atoms with Crippen LogP contribution in [0.5, 0.6) is 5.75 Å². The van der Waals surface area contributed by atoms with Gasteiger partial charge in [-0.15, -0.1) is 0 Å². The Morgan fingerprint density at radius 3 is 2.48 bits per heavy atom. The highest BCUT2D eigenvalue weighted by Crippen LogP contribution is 2.29. The van der Waals surface area contributed by atoms with Crippen LogP contribution in [0, 0.1) is 0 Å². The van der Waals surface area contributed by atoms with Gasteiger partial charge in [0.1, 0.15) is 22.8 Å². The molecule has 3 rings (SSSR count). The Hall–Kier alpha value is -2.87. The molecule has 8 heteroatoms. The lowest BCUT2D eigenvalue weighted by atomic mass is 10.2. The molecule has 1 aliphatic heterocycles. The van der Waals surface area contributed by atoms with Crippen molar-refractivity contribution in [1.29, 1.82) is 0 Å². The first-order valence-electron chi connectivity index (χ1n) is 7.43. The first-order chi connectivity index (χ1) is 12.0. The van der Waals surface area contributed by atoms with E-state index in [0.29, 0.717) is 10.1 Å². The number of hydrogen-bond acceptors (Lipinski definition) is 6. The lowest BCUT2D eigenvalue weighted by Crippen LogP contribution is -2.33. The number of amides is 1. The predicted molar refractivity (Wildman–Crippen MR) is 87.9 cm³/mol. The average molecular weight is 361 g/mol. The van der Waals surface area contributed by atoms with E-state index in [9.17, 15) is 18.0 Å². The Balaban J connectivity index is 1.69. The van der Waals surface area contributed by atoms with E-state index in [0.717, 1.165) is 0 Å². The zero-order chi connectivity index (χ0) is 18.0. The van der Waals surface area contributed by atoms with Gasteiger partial charge < -0.3 is 9.47 Å². The number of carbonyl (C=O) groups excluding carboxylic acids is 2. The molecule has 0 aromatic heterocycles. The fourth-order valence-electron chi connectivity index (χ4n) is 2.56. The summed E-state index contributed by atoms with van der Waals surface area (Å²) >= 11 is 0. The molecule has 0 saturated carbocycles. The number of nitrogens with zero attached hydrogens (tertiary/aromatic N) is 1. The molecule has 1 heterocycles. The molecule has 1 amide bonds. The first kappa shape index (κ1) is 17.0. The first-order valence-corrected chi connectivity index (χ1v) is 8.87. The number of benzene rings is 2. The zero-order valence-electron chi connectivity index (χ0n) is 13.3. The van der Waals surface area contributed by atoms with Gasteiger partial charge in [0.05, 0.1) is 19.2 Å². The summed E-state index contributed by atoms with van der Waals surface area (Å²) in [6.45, 7) is -0.507. The Morgan fingerprint density at radius 2 is 1.76 bits per heavy atom. The Kier molecular flexibility index (Phi) is 4.45. The van der Waals surface area contributed by atoms with E-state index in [1.54, 1.807) is 30.3 Å². The number of rotatable bonds is 5. The summed E-state index contributed by atoms with van der Waals surface area (Å²) in [6, 6.07) is 12.5. The van der Waals surface area contributed by atoms with Crippen LogP contribution in [0.1, 0.15) is 20.7 Å². The lowest BCUT2D eigenvalue weighted by Gasteiger charge is -2.15. The van der Waals surface area contributed by atoms with Gasteiger partial charge in [0.2, 0.25) is 0 Å². The summed E-state index contributed by atoms with van der Waals surface area (Å²) in [5.74, 6) is -0.923. The average Bonchev–Trinajstić information content (AvgIpc) is 2.82. The molecule has 0 N–H and O–H groups in total. The van der Waals surface area contributed by atoms with E-state index in [4.69, 9.17) is 9.47 Å². The minimum Gasteiger partial charge on any atom is -0.496 e. The number of carbonyl (C=O) groups is 2. The van der Waals surface area contributed by atoms with Gasteiger partial charge in [-0.1, -0.05) is 24.3 Å². The van der Waals surface area contributed by atoms with Gasteiger partial charge in [-0.05, 0) is 24.3 Å². The van der Waals surface area contributed by atoms with Crippen LogP contribution in [0.25, 0.3) is 0 Å². The van der Waals surface area contributed by atoms with Crippen LogP contribution in [0.2, 0.25) is 0 Å². The van der Waals surface area contributed by atoms with Gasteiger partial charge in [0, 0.05) is 0 Å². The van der Waals surface area contributed by atoms with Gasteiger partial charge in [-0.2, -0.15) is 0 Å². The third-order valence-corrected chi connectivity index (χ3v) is 5.61. The van der Waals surface area contributed by atoms with Crippen LogP contribution in [0.3, 0.4) is 0 Å². The smallest absolute Gasteiger partial charge is 0.341 e. The highest BCUT2D eigenvalue weighted by molar-refractivity contribution is 7.90. The molecule has 0 unspecified atom stereocenters. The number of methoxy groups -OCH3 is 1. The number of sulfonamides is 1. The maximum absolute atomic E-state index is 12.4. The second-order valence-corrected chi connectivity index (χ2v) is 7.05. The van der Waals surface area contributed by atoms with Crippen molar-refractivity contribution in [3.05, 3.63) is 59.7 Å². The fraction of sp³-hybridized carbons (Fsp3) is 0.176. The van der Waals surface area contributed by atoms with E-state index in [1.807, 2.05) is 0 Å². The second kappa shape index (κ2) is 6.56. The standard InChI is InChI=1S/C17H15NO6S/c1-23-14-8-4-2-6-12(14)17(20)24-11-10-18-16(19)13-7-3-5-9-15(13)25(18,21)22/h2-9H,10-11H2,1H3. The van der Waals surface area contributed by atoms with Gasteiger partial charge in [-0.3, -0.25) is 4.79 Å². The Morgan fingerprint density at radius 1 is 1.08 bits per heavy atom. The van der Waals surface area contributed by atoms with E-state index in [2.05, 4.69) is 0 Å². The van der Waals surface area contributed by atoms with Crippen LogP contribution in [0.4, 0.5) is 0 Å². The highest BCUT2D eigenvalue weighted by atomic mass is 32.2. The van der Waals surface area contributed by atoms with Crippen molar-refractivity contribution in [1.82, 2.24) is 4.31 Å². The molecule has 2 aromatic carbocycles. The second-order valence-electron chi connectivity index (χ2n) is 5.21. The monoisotopic (exact) mass is 361 g/mol. The SMILES string of the molecule is COc1ccccc1C(=O)OCCN1C(=O)c2ccccc2S1(=O)=O.